The van der Waals surface area contributed by atoms with Crippen molar-refractivity contribution in [3.63, 3.8) is 0 Å². The van der Waals surface area contributed by atoms with Gasteiger partial charge < -0.3 is 0 Å². The summed E-state index contributed by atoms with van der Waals surface area (Å²) in [6.07, 6.45) is 42.5. The molecule has 0 amide bonds. The Morgan fingerprint density at radius 3 is 0.750 bits per heavy atom. The lowest BCUT2D eigenvalue weighted by molar-refractivity contribution is 0.140. The van der Waals surface area contributed by atoms with Crippen molar-refractivity contribution in [2.45, 2.75) is 207 Å². The van der Waals surface area contributed by atoms with Crippen LogP contribution < -0.4 is 0 Å². The highest BCUT2D eigenvalue weighted by Crippen LogP contribution is 2.44. The molecule has 0 saturated heterocycles. The number of hydrogen-bond acceptors (Lipinski definition) is 0. The van der Waals surface area contributed by atoms with Crippen LogP contribution in [0, 0.1) is 47.3 Å². The van der Waals surface area contributed by atoms with E-state index in [-0.39, 0.29) is 0 Å². The van der Waals surface area contributed by atoms with Crippen molar-refractivity contribution in [2.24, 2.45) is 47.3 Å². The first-order chi connectivity index (χ1) is 19.7. The fourth-order valence-electron chi connectivity index (χ4n) is 9.98. The Morgan fingerprint density at radius 1 is 0.275 bits per heavy atom. The van der Waals surface area contributed by atoms with Gasteiger partial charge in [0.05, 0.1) is 0 Å². The Bertz CT molecular complexity index is 509. The van der Waals surface area contributed by atoms with Gasteiger partial charge in [-0.25, -0.2) is 0 Å². The molecule has 0 bridgehead atoms. The second-order valence-corrected chi connectivity index (χ2v) is 15.7. The molecular weight excluding hydrogens is 480 g/mol. The third-order valence-corrected chi connectivity index (χ3v) is 12.7. The molecule has 0 heteroatoms. The molecule has 236 valence electrons. The Hall–Kier alpha value is 0. The molecule has 4 rings (SSSR count). The second-order valence-electron chi connectivity index (χ2n) is 15.7. The quantitative estimate of drug-likeness (QED) is 0.187. The topological polar surface area (TPSA) is 0 Å². The molecule has 0 nitrogen and oxygen atoms in total. The van der Waals surface area contributed by atoms with E-state index in [2.05, 4.69) is 27.7 Å². The molecule has 0 atom stereocenters. The SMILES string of the molecule is CCCCCC1CCC(C2CCC(CCC)CC2)CC1.CCCCCC1CCC(C2CCC(CCC)CC2)CC1. The standard InChI is InChI=1S/2C20H38/c2*1-3-5-6-8-18-11-15-20(16-12-18)19-13-9-17(7-4-2)10-14-19/h2*17-20H,3-16H2,1-2H3. The van der Waals surface area contributed by atoms with Crippen molar-refractivity contribution in [1.82, 2.24) is 0 Å². The highest BCUT2D eigenvalue weighted by molar-refractivity contribution is 4.83. The summed E-state index contributed by atoms with van der Waals surface area (Å²) in [5.41, 5.74) is 0. The molecule has 0 spiro atoms. The Kier molecular flexibility index (Phi) is 18.0. The van der Waals surface area contributed by atoms with Crippen molar-refractivity contribution in [1.29, 1.82) is 0 Å². The Morgan fingerprint density at radius 2 is 0.525 bits per heavy atom. The third-order valence-electron chi connectivity index (χ3n) is 12.7. The van der Waals surface area contributed by atoms with Gasteiger partial charge in [-0.3, -0.25) is 0 Å². The molecule has 0 heterocycles. The summed E-state index contributed by atoms with van der Waals surface area (Å²) >= 11 is 0. The van der Waals surface area contributed by atoms with Crippen molar-refractivity contribution < 1.29 is 0 Å². The van der Waals surface area contributed by atoms with E-state index >= 15 is 0 Å². The zero-order valence-corrected chi connectivity index (χ0v) is 28.4. The molecule has 0 aliphatic heterocycles. The van der Waals surface area contributed by atoms with Crippen LogP contribution in [-0.4, -0.2) is 0 Å². The smallest absolute Gasteiger partial charge is 0.0386 e. The van der Waals surface area contributed by atoms with Gasteiger partial charge in [0.1, 0.15) is 0 Å². The van der Waals surface area contributed by atoms with Gasteiger partial charge in [-0.1, -0.05) is 156 Å². The minimum Gasteiger partial charge on any atom is -0.0654 e. The number of unbranched alkanes of at least 4 members (excludes halogenated alkanes) is 4. The maximum Gasteiger partial charge on any atom is -0.0386 e. The highest BCUT2D eigenvalue weighted by atomic mass is 14.4. The lowest BCUT2D eigenvalue weighted by Gasteiger charge is -2.38. The van der Waals surface area contributed by atoms with Crippen molar-refractivity contribution in [3.8, 4) is 0 Å². The molecule has 4 saturated carbocycles. The van der Waals surface area contributed by atoms with Crippen molar-refractivity contribution >= 4 is 0 Å². The van der Waals surface area contributed by atoms with Gasteiger partial charge >= 0.3 is 0 Å². The lowest BCUT2D eigenvalue weighted by Crippen LogP contribution is -2.25. The van der Waals surface area contributed by atoms with Crippen LogP contribution in [0.3, 0.4) is 0 Å². The molecule has 0 radical (unpaired) electrons. The van der Waals surface area contributed by atoms with Crippen LogP contribution in [0.4, 0.5) is 0 Å². The summed E-state index contributed by atoms with van der Waals surface area (Å²) in [5.74, 6) is 8.80. The van der Waals surface area contributed by atoms with E-state index < -0.39 is 0 Å². The zero-order chi connectivity index (χ0) is 28.4. The first-order valence-electron chi connectivity index (χ1n) is 19.7. The van der Waals surface area contributed by atoms with Crippen LogP contribution in [0.5, 0.6) is 0 Å². The fraction of sp³-hybridized carbons (Fsp3) is 1.00. The van der Waals surface area contributed by atoms with Gasteiger partial charge in [0.25, 0.3) is 0 Å². The molecule has 0 unspecified atom stereocenters. The van der Waals surface area contributed by atoms with Crippen LogP contribution in [0.1, 0.15) is 207 Å². The summed E-state index contributed by atoms with van der Waals surface area (Å²) in [6.45, 7) is 9.36. The van der Waals surface area contributed by atoms with Crippen molar-refractivity contribution in [3.05, 3.63) is 0 Å². The van der Waals surface area contributed by atoms with Gasteiger partial charge in [0.2, 0.25) is 0 Å². The third kappa shape index (κ3) is 12.7. The monoisotopic (exact) mass is 557 g/mol. The van der Waals surface area contributed by atoms with Gasteiger partial charge in [-0.15, -0.1) is 0 Å². The molecule has 4 aliphatic carbocycles. The molecule has 40 heavy (non-hydrogen) atoms. The normalized spacial score (nSPS) is 35.1. The van der Waals surface area contributed by atoms with E-state index in [0.29, 0.717) is 0 Å². The van der Waals surface area contributed by atoms with Crippen LogP contribution in [0.25, 0.3) is 0 Å². The molecule has 0 aromatic heterocycles. The van der Waals surface area contributed by atoms with Gasteiger partial charge in [0.15, 0.2) is 0 Å². The van der Waals surface area contributed by atoms with E-state index in [0.717, 1.165) is 47.3 Å². The Balaban J connectivity index is 0.000000220. The van der Waals surface area contributed by atoms with Crippen LogP contribution >= 0.6 is 0 Å². The molecule has 4 fully saturated rings. The predicted molar refractivity (Wildman–Crippen MR) is 180 cm³/mol. The largest absolute Gasteiger partial charge is 0.0654 e. The van der Waals surface area contributed by atoms with Gasteiger partial charge in [-0.05, 0) is 98.7 Å². The maximum atomic E-state index is 2.35. The van der Waals surface area contributed by atoms with E-state index in [4.69, 9.17) is 0 Å². The van der Waals surface area contributed by atoms with E-state index in [9.17, 15) is 0 Å². The van der Waals surface area contributed by atoms with Crippen LogP contribution in [0.15, 0.2) is 0 Å². The maximum absolute atomic E-state index is 2.35. The summed E-state index contributed by atoms with van der Waals surface area (Å²) in [4.78, 5) is 0. The molecular formula is C40H76. The van der Waals surface area contributed by atoms with E-state index in [1.54, 1.807) is 103 Å². The van der Waals surface area contributed by atoms with E-state index in [1.165, 1.54) is 77.0 Å². The minimum atomic E-state index is 1.08. The van der Waals surface area contributed by atoms with E-state index in [1.807, 2.05) is 0 Å². The van der Waals surface area contributed by atoms with Crippen LogP contribution in [0.2, 0.25) is 0 Å². The Labute approximate surface area is 254 Å². The lowest BCUT2D eigenvalue weighted by atomic mass is 9.68. The highest BCUT2D eigenvalue weighted by Gasteiger charge is 2.31. The molecule has 4 aliphatic rings. The number of hydrogen-bond donors (Lipinski definition) is 0. The average Bonchev–Trinajstić information content (AvgIpc) is 3.00. The summed E-state index contributed by atoms with van der Waals surface area (Å²) in [5, 5.41) is 0. The average molecular weight is 557 g/mol. The van der Waals surface area contributed by atoms with Crippen molar-refractivity contribution in [2.75, 3.05) is 0 Å². The predicted octanol–water partition coefficient (Wildman–Crippen LogP) is 14.0. The van der Waals surface area contributed by atoms with Gasteiger partial charge in [0, 0.05) is 0 Å². The summed E-state index contributed by atoms with van der Waals surface area (Å²) < 4.78 is 0. The molecule has 0 N–H and O–H groups in total. The second kappa shape index (κ2) is 20.8. The minimum absolute atomic E-state index is 1.08. The fourth-order valence-corrected chi connectivity index (χ4v) is 9.98. The summed E-state index contributed by atoms with van der Waals surface area (Å²) in [6, 6.07) is 0. The first kappa shape index (κ1) is 34.5. The molecule has 0 aromatic rings. The van der Waals surface area contributed by atoms with Crippen LogP contribution in [-0.2, 0) is 0 Å². The zero-order valence-electron chi connectivity index (χ0n) is 28.4. The van der Waals surface area contributed by atoms with Gasteiger partial charge in [-0.2, -0.15) is 0 Å². The summed E-state index contributed by atoms with van der Waals surface area (Å²) in [7, 11) is 0. The molecule has 0 aromatic carbocycles. The first-order valence-corrected chi connectivity index (χ1v) is 19.7. The number of rotatable bonds is 14.